The fourth-order valence-corrected chi connectivity index (χ4v) is 4.53. The largest absolute Gasteiger partial charge is 0.464 e. The molecule has 3 aliphatic heterocycles. The molecule has 6 heteroatoms. The van der Waals surface area contributed by atoms with E-state index in [2.05, 4.69) is 39.1 Å². The van der Waals surface area contributed by atoms with Crippen molar-refractivity contribution in [2.45, 2.75) is 18.7 Å². The Morgan fingerprint density at radius 1 is 0.897 bits per heavy atom. The van der Waals surface area contributed by atoms with E-state index < -0.39 is 0 Å². The van der Waals surface area contributed by atoms with Crippen LogP contribution in [-0.4, -0.2) is 17.5 Å². The SMILES string of the molecule is Brc1ccc2c(c1)[C@@H]1CC(c3ccc4c(c3)OCO4)=NN1[C@@H](c1ccccc1)O2. The van der Waals surface area contributed by atoms with E-state index in [1.807, 2.05) is 48.5 Å². The maximum atomic E-state index is 6.40. The van der Waals surface area contributed by atoms with E-state index in [9.17, 15) is 0 Å². The van der Waals surface area contributed by atoms with Crippen molar-refractivity contribution in [1.29, 1.82) is 0 Å². The molecule has 0 N–H and O–H groups in total. The molecule has 0 saturated heterocycles. The highest BCUT2D eigenvalue weighted by Crippen LogP contribution is 2.48. The molecule has 3 heterocycles. The second-order valence-electron chi connectivity index (χ2n) is 7.28. The van der Waals surface area contributed by atoms with Crippen molar-refractivity contribution < 1.29 is 14.2 Å². The monoisotopic (exact) mass is 448 g/mol. The Morgan fingerprint density at radius 3 is 2.62 bits per heavy atom. The molecular weight excluding hydrogens is 432 g/mol. The van der Waals surface area contributed by atoms with Gasteiger partial charge >= 0.3 is 0 Å². The lowest BCUT2D eigenvalue weighted by molar-refractivity contribution is -0.0190. The predicted octanol–water partition coefficient (Wildman–Crippen LogP) is 5.42. The zero-order chi connectivity index (χ0) is 19.4. The molecular formula is C23H17BrN2O3. The molecule has 0 saturated carbocycles. The molecule has 0 radical (unpaired) electrons. The number of fused-ring (bicyclic) bond motifs is 4. The smallest absolute Gasteiger partial charge is 0.231 e. The Bertz CT molecular complexity index is 1130. The fourth-order valence-electron chi connectivity index (χ4n) is 4.15. The van der Waals surface area contributed by atoms with Gasteiger partial charge in [-0.2, -0.15) is 5.10 Å². The first-order valence-corrected chi connectivity index (χ1v) is 10.3. The maximum absolute atomic E-state index is 6.40. The molecule has 0 amide bonds. The Kier molecular flexibility index (Phi) is 3.81. The summed E-state index contributed by atoms with van der Waals surface area (Å²) in [4.78, 5) is 0. The van der Waals surface area contributed by atoms with Crippen molar-refractivity contribution in [3.8, 4) is 17.2 Å². The average Bonchev–Trinajstić information content (AvgIpc) is 3.40. The van der Waals surface area contributed by atoms with Crippen LogP contribution in [0.4, 0.5) is 0 Å². The quantitative estimate of drug-likeness (QED) is 0.524. The van der Waals surface area contributed by atoms with Gasteiger partial charge in [-0.3, -0.25) is 0 Å². The van der Waals surface area contributed by atoms with E-state index >= 15 is 0 Å². The van der Waals surface area contributed by atoms with Gasteiger partial charge in [-0.25, -0.2) is 5.01 Å². The molecule has 6 rings (SSSR count). The molecule has 5 nitrogen and oxygen atoms in total. The number of hydrogen-bond acceptors (Lipinski definition) is 5. The van der Waals surface area contributed by atoms with E-state index in [1.165, 1.54) is 0 Å². The topological polar surface area (TPSA) is 43.3 Å². The normalized spacial score (nSPS) is 21.3. The van der Waals surface area contributed by atoms with Crippen molar-refractivity contribution >= 4 is 21.6 Å². The van der Waals surface area contributed by atoms with Gasteiger partial charge in [-0.05, 0) is 36.4 Å². The van der Waals surface area contributed by atoms with Crippen LogP contribution in [0.3, 0.4) is 0 Å². The molecule has 0 bridgehead atoms. The van der Waals surface area contributed by atoms with Crippen molar-refractivity contribution in [3.05, 3.63) is 87.9 Å². The minimum atomic E-state index is -0.263. The molecule has 0 aliphatic carbocycles. The summed E-state index contributed by atoms with van der Waals surface area (Å²) in [5, 5.41) is 7.09. The first-order chi connectivity index (χ1) is 14.3. The molecule has 0 aromatic heterocycles. The van der Waals surface area contributed by atoms with Crippen LogP contribution in [0.2, 0.25) is 0 Å². The Hall–Kier alpha value is -2.99. The van der Waals surface area contributed by atoms with Gasteiger partial charge in [-0.1, -0.05) is 46.3 Å². The molecule has 29 heavy (non-hydrogen) atoms. The fraction of sp³-hybridized carbons (Fsp3) is 0.174. The Balaban J connectivity index is 1.44. The molecule has 3 aromatic carbocycles. The second-order valence-corrected chi connectivity index (χ2v) is 8.19. The first kappa shape index (κ1) is 16.9. The van der Waals surface area contributed by atoms with Gasteiger partial charge in [-0.15, -0.1) is 0 Å². The predicted molar refractivity (Wildman–Crippen MR) is 112 cm³/mol. The summed E-state index contributed by atoms with van der Waals surface area (Å²) in [7, 11) is 0. The minimum absolute atomic E-state index is 0.113. The molecule has 2 atom stereocenters. The third-order valence-electron chi connectivity index (χ3n) is 5.54. The van der Waals surface area contributed by atoms with E-state index in [0.29, 0.717) is 0 Å². The first-order valence-electron chi connectivity index (χ1n) is 9.53. The summed E-state index contributed by atoms with van der Waals surface area (Å²) in [5.41, 5.74) is 4.30. The van der Waals surface area contributed by atoms with Crippen LogP contribution >= 0.6 is 15.9 Å². The molecule has 144 valence electrons. The van der Waals surface area contributed by atoms with Crippen LogP contribution in [0.1, 0.15) is 35.4 Å². The Labute approximate surface area is 176 Å². The molecule has 0 fully saturated rings. The highest BCUT2D eigenvalue weighted by molar-refractivity contribution is 9.10. The lowest BCUT2D eigenvalue weighted by Gasteiger charge is -2.38. The summed E-state index contributed by atoms with van der Waals surface area (Å²) < 4.78 is 18.4. The number of rotatable bonds is 2. The van der Waals surface area contributed by atoms with Gasteiger partial charge in [0.1, 0.15) is 5.75 Å². The van der Waals surface area contributed by atoms with Crippen LogP contribution < -0.4 is 14.2 Å². The van der Waals surface area contributed by atoms with E-state index in [0.717, 1.165) is 50.5 Å². The number of nitrogens with zero attached hydrogens (tertiary/aromatic N) is 2. The number of halogens is 1. The average molecular weight is 449 g/mol. The summed E-state index contributed by atoms with van der Waals surface area (Å²) in [5.74, 6) is 2.46. The second kappa shape index (κ2) is 6.52. The summed E-state index contributed by atoms with van der Waals surface area (Å²) in [6.45, 7) is 0.269. The zero-order valence-corrected chi connectivity index (χ0v) is 17.0. The third kappa shape index (κ3) is 2.78. The van der Waals surface area contributed by atoms with Gasteiger partial charge in [0.15, 0.2) is 11.5 Å². The van der Waals surface area contributed by atoms with E-state index in [1.54, 1.807) is 0 Å². The van der Waals surface area contributed by atoms with Gasteiger partial charge in [0.25, 0.3) is 0 Å². The lowest BCUT2D eigenvalue weighted by Crippen LogP contribution is -2.33. The lowest BCUT2D eigenvalue weighted by atomic mass is 9.96. The third-order valence-corrected chi connectivity index (χ3v) is 6.04. The maximum Gasteiger partial charge on any atom is 0.231 e. The zero-order valence-electron chi connectivity index (χ0n) is 15.4. The number of hydrazone groups is 1. The van der Waals surface area contributed by atoms with Gasteiger partial charge in [0.2, 0.25) is 13.0 Å². The van der Waals surface area contributed by atoms with Crippen molar-refractivity contribution in [2.24, 2.45) is 5.10 Å². The molecule has 3 aliphatic rings. The molecule has 0 spiro atoms. The standard InChI is InChI=1S/C23H17BrN2O3/c24-16-7-9-20-17(11-16)19-12-18(15-6-8-21-22(10-15)28-13-27-21)25-26(19)23(29-20)14-4-2-1-3-5-14/h1-11,19,23H,12-13H2/t19-,23+/m0/s1. The number of ether oxygens (including phenoxy) is 3. The van der Waals surface area contributed by atoms with Crippen molar-refractivity contribution in [2.75, 3.05) is 6.79 Å². The van der Waals surface area contributed by atoms with Crippen LogP contribution in [-0.2, 0) is 0 Å². The van der Waals surface area contributed by atoms with Gasteiger partial charge in [0, 0.05) is 27.6 Å². The van der Waals surface area contributed by atoms with Crippen molar-refractivity contribution in [1.82, 2.24) is 5.01 Å². The highest BCUT2D eigenvalue weighted by Gasteiger charge is 2.41. The summed E-state index contributed by atoms with van der Waals surface area (Å²) >= 11 is 3.60. The summed E-state index contributed by atoms with van der Waals surface area (Å²) in [6, 6.07) is 22.6. The highest BCUT2D eigenvalue weighted by atomic mass is 79.9. The van der Waals surface area contributed by atoms with E-state index in [4.69, 9.17) is 19.3 Å². The molecule has 0 unspecified atom stereocenters. The van der Waals surface area contributed by atoms with E-state index in [-0.39, 0.29) is 19.1 Å². The van der Waals surface area contributed by atoms with Gasteiger partial charge in [0.05, 0.1) is 11.8 Å². The Morgan fingerprint density at radius 2 is 1.72 bits per heavy atom. The number of benzene rings is 3. The van der Waals surface area contributed by atoms with Crippen molar-refractivity contribution in [3.63, 3.8) is 0 Å². The van der Waals surface area contributed by atoms with Crippen LogP contribution in [0.25, 0.3) is 0 Å². The minimum Gasteiger partial charge on any atom is -0.464 e. The summed E-state index contributed by atoms with van der Waals surface area (Å²) in [6.07, 6.45) is 0.539. The van der Waals surface area contributed by atoms with Crippen LogP contribution in [0.5, 0.6) is 17.2 Å². The van der Waals surface area contributed by atoms with Gasteiger partial charge < -0.3 is 14.2 Å². The van der Waals surface area contributed by atoms with Crippen LogP contribution in [0, 0.1) is 0 Å². The number of hydrogen-bond donors (Lipinski definition) is 0. The van der Waals surface area contributed by atoms with Crippen LogP contribution in [0.15, 0.2) is 76.3 Å². The molecule has 3 aromatic rings.